The third-order valence-electron chi connectivity index (χ3n) is 2.23. The molecule has 0 saturated carbocycles. The number of benzene rings is 1. The number of hydrogen-bond acceptors (Lipinski definition) is 3. The average Bonchev–Trinajstić information content (AvgIpc) is 2.36. The highest BCUT2D eigenvalue weighted by Gasteiger charge is 2.34. The standard InChI is InChI=1S/C13H13F3O4/c1-2-19-8-20-11-5-3-9(4-6-12(17)18)7-10(11)13(14,15)16/h3-7H,2,8H2,1H3,(H,17,18). The quantitative estimate of drug-likeness (QED) is 0.496. The van der Waals surface area contributed by atoms with E-state index in [0.29, 0.717) is 6.61 Å². The third-order valence-corrected chi connectivity index (χ3v) is 2.23. The van der Waals surface area contributed by atoms with Crippen LogP contribution < -0.4 is 4.74 Å². The minimum atomic E-state index is -4.60. The first-order valence-electron chi connectivity index (χ1n) is 5.67. The molecule has 0 fully saturated rings. The summed E-state index contributed by atoms with van der Waals surface area (Å²) in [7, 11) is 0. The summed E-state index contributed by atoms with van der Waals surface area (Å²) in [5, 5.41) is 8.45. The average molecular weight is 290 g/mol. The normalized spacial score (nSPS) is 11.8. The lowest BCUT2D eigenvalue weighted by molar-refractivity contribution is -0.139. The first-order chi connectivity index (χ1) is 9.34. The van der Waals surface area contributed by atoms with Gasteiger partial charge in [0.1, 0.15) is 5.75 Å². The second-order valence-electron chi connectivity index (χ2n) is 3.68. The summed E-state index contributed by atoms with van der Waals surface area (Å²) in [6.45, 7) is 1.72. The van der Waals surface area contributed by atoms with E-state index in [1.54, 1.807) is 6.92 Å². The Bertz CT molecular complexity index is 495. The molecule has 0 amide bonds. The molecule has 0 heterocycles. The van der Waals surface area contributed by atoms with Gasteiger partial charge in [-0.2, -0.15) is 13.2 Å². The molecule has 0 radical (unpaired) electrons. The van der Waals surface area contributed by atoms with Gasteiger partial charge in [0.25, 0.3) is 0 Å². The molecule has 0 bridgehead atoms. The Labute approximate surface area is 113 Å². The Morgan fingerprint density at radius 2 is 2.10 bits per heavy atom. The van der Waals surface area contributed by atoms with Gasteiger partial charge in [-0.05, 0) is 30.7 Å². The highest BCUT2D eigenvalue weighted by Crippen LogP contribution is 2.37. The van der Waals surface area contributed by atoms with Crippen LogP contribution >= 0.6 is 0 Å². The Kier molecular flexibility index (Phi) is 5.57. The van der Waals surface area contributed by atoms with Crippen LogP contribution in [-0.4, -0.2) is 24.5 Å². The minimum absolute atomic E-state index is 0.114. The van der Waals surface area contributed by atoms with Crippen molar-refractivity contribution in [3.8, 4) is 5.75 Å². The predicted molar refractivity (Wildman–Crippen MR) is 65.2 cm³/mol. The first-order valence-corrected chi connectivity index (χ1v) is 5.67. The number of carbonyl (C=O) groups is 1. The van der Waals surface area contributed by atoms with Gasteiger partial charge in [0.05, 0.1) is 5.56 Å². The molecule has 0 aromatic heterocycles. The zero-order valence-corrected chi connectivity index (χ0v) is 10.6. The molecule has 1 rings (SSSR count). The zero-order chi connectivity index (χ0) is 15.2. The van der Waals surface area contributed by atoms with Crippen LogP contribution in [0.15, 0.2) is 24.3 Å². The summed E-state index contributed by atoms with van der Waals surface area (Å²) < 4.78 is 48.4. The van der Waals surface area contributed by atoms with E-state index >= 15 is 0 Å². The lowest BCUT2D eigenvalue weighted by Gasteiger charge is -2.14. The molecule has 0 aliphatic rings. The molecule has 1 aromatic carbocycles. The number of hydrogen-bond donors (Lipinski definition) is 1. The number of rotatable bonds is 6. The van der Waals surface area contributed by atoms with Gasteiger partial charge in [-0.3, -0.25) is 0 Å². The van der Waals surface area contributed by atoms with Crippen LogP contribution in [0.25, 0.3) is 6.08 Å². The van der Waals surface area contributed by atoms with Crippen LogP contribution in [0, 0.1) is 0 Å². The lowest BCUT2D eigenvalue weighted by Crippen LogP contribution is -2.11. The summed E-state index contributed by atoms with van der Waals surface area (Å²) in [6.07, 6.45) is -2.77. The Hall–Kier alpha value is -2.02. The zero-order valence-electron chi connectivity index (χ0n) is 10.6. The van der Waals surface area contributed by atoms with Crippen molar-refractivity contribution in [1.29, 1.82) is 0 Å². The predicted octanol–water partition coefficient (Wildman–Crippen LogP) is 3.18. The maximum Gasteiger partial charge on any atom is 0.419 e. The molecular weight excluding hydrogens is 277 g/mol. The van der Waals surface area contributed by atoms with Gasteiger partial charge in [0.15, 0.2) is 6.79 Å². The second kappa shape index (κ2) is 6.95. The van der Waals surface area contributed by atoms with E-state index in [1.165, 1.54) is 6.07 Å². The Morgan fingerprint density at radius 3 is 2.65 bits per heavy atom. The number of aliphatic carboxylic acids is 1. The molecular formula is C13H13F3O4. The van der Waals surface area contributed by atoms with Crippen molar-refractivity contribution >= 4 is 12.0 Å². The molecule has 0 atom stereocenters. The SMILES string of the molecule is CCOCOc1ccc(C=CC(=O)O)cc1C(F)(F)F. The number of carboxylic acid groups (broad SMARTS) is 1. The van der Waals surface area contributed by atoms with Crippen LogP contribution in [0.2, 0.25) is 0 Å². The van der Waals surface area contributed by atoms with E-state index in [2.05, 4.69) is 0 Å². The topological polar surface area (TPSA) is 55.8 Å². The first kappa shape index (κ1) is 16.0. The van der Waals surface area contributed by atoms with Gasteiger partial charge in [0.2, 0.25) is 0 Å². The Morgan fingerprint density at radius 1 is 1.40 bits per heavy atom. The smallest absolute Gasteiger partial charge is 0.419 e. The van der Waals surface area contributed by atoms with Crippen molar-refractivity contribution in [1.82, 2.24) is 0 Å². The van der Waals surface area contributed by atoms with Gasteiger partial charge in [-0.1, -0.05) is 6.07 Å². The van der Waals surface area contributed by atoms with Gasteiger partial charge < -0.3 is 14.6 Å². The molecule has 110 valence electrons. The maximum absolute atomic E-state index is 12.9. The molecule has 7 heteroatoms. The molecule has 0 unspecified atom stereocenters. The van der Waals surface area contributed by atoms with E-state index in [0.717, 1.165) is 24.3 Å². The van der Waals surface area contributed by atoms with Gasteiger partial charge in [0, 0.05) is 12.7 Å². The van der Waals surface area contributed by atoms with Crippen molar-refractivity contribution in [3.63, 3.8) is 0 Å². The van der Waals surface area contributed by atoms with Crippen LogP contribution in [0.3, 0.4) is 0 Å². The highest BCUT2D eigenvalue weighted by atomic mass is 19.4. The van der Waals surface area contributed by atoms with Crippen LogP contribution in [0.5, 0.6) is 5.75 Å². The summed E-state index contributed by atoms with van der Waals surface area (Å²) in [4.78, 5) is 10.3. The van der Waals surface area contributed by atoms with E-state index in [-0.39, 0.29) is 18.1 Å². The monoisotopic (exact) mass is 290 g/mol. The second-order valence-corrected chi connectivity index (χ2v) is 3.68. The van der Waals surface area contributed by atoms with Crippen LogP contribution in [0.1, 0.15) is 18.1 Å². The van der Waals surface area contributed by atoms with Crippen molar-refractivity contribution in [3.05, 3.63) is 35.4 Å². The van der Waals surface area contributed by atoms with Gasteiger partial charge in [-0.25, -0.2) is 4.79 Å². The largest absolute Gasteiger partial charge is 0.478 e. The van der Waals surface area contributed by atoms with Crippen LogP contribution in [-0.2, 0) is 15.7 Å². The number of carboxylic acids is 1. The van der Waals surface area contributed by atoms with E-state index in [9.17, 15) is 18.0 Å². The van der Waals surface area contributed by atoms with E-state index < -0.39 is 17.7 Å². The molecule has 0 aliphatic heterocycles. The molecule has 1 N–H and O–H groups in total. The summed E-state index contributed by atoms with van der Waals surface area (Å²) >= 11 is 0. The van der Waals surface area contributed by atoms with Crippen molar-refractivity contribution in [2.75, 3.05) is 13.4 Å². The molecule has 0 saturated heterocycles. The van der Waals surface area contributed by atoms with Crippen molar-refractivity contribution < 1.29 is 32.5 Å². The fourth-order valence-electron chi connectivity index (χ4n) is 1.35. The number of ether oxygens (including phenoxy) is 2. The fraction of sp³-hybridized carbons (Fsp3) is 0.308. The molecule has 20 heavy (non-hydrogen) atoms. The van der Waals surface area contributed by atoms with E-state index in [1.807, 2.05) is 0 Å². The maximum atomic E-state index is 12.9. The molecule has 4 nitrogen and oxygen atoms in total. The molecule has 0 aliphatic carbocycles. The minimum Gasteiger partial charge on any atom is -0.478 e. The number of alkyl halides is 3. The number of halogens is 3. The summed E-state index contributed by atoms with van der Waals surface area (Å²) in [5.74, 6) is -1.60. The van der Waals surface area contributed by atoms with Crippen molar-refractivity contribution in [2.24, 2.45) is 0 Å². The van der Waals surface area contributed by atoms with Gasteiger partial charge >= 0.3 is 12.1 Å². The molecule has 0 spiro atoms. The van der Waals surface area contributed by atoms with Crippen LogP contribution in [0.4, 0.5) is 13.2 Å². The molecule has 1 aromatic rings. The van der Waals surface area contributed by atoms with Crippen molar-refractivity contribution in [2.45, 2.75) is 13.1 Å². The van der Waals surface area contributed by atoms with Gasteiger partial charge in [-0.15, -0.1) is 0 Å². The summed E-state index contributed by atoms with van der Waals surface area (Å²) in [5.41, 5.74) is -0.867. The summed E-state index contributed by atoms with van der Waals surface area (Å²) in [6, 6.07) is 3.28. The fourth-order valence-corrected chi connectivity index (χ4v) is 1.35. The highest BCUT2D eigenvalue weighted by molar-refractivity contribution is 5.85. The van der Waals surface area contributed by atoms with E-state index in [4.69, 9.17) is 14.6 Å². The third kappa shape index (κ3) is 4.93. The lowest BCUT2D eigenvalue weighted by atomic mass is 10.1. The Balaban J connectivity index is 3.04.